The minimum Gasteiger partial charge on any atom is -0.325 e. The molecular formula is C19H18ClFN4OS. The maximum Gasteiger partial charge on any atom is 0.237 e. The minimum absolute atomic E-state index is 0.156. The summed E-state index contributed by atoms with van der Waals surface area (Å²) in [6.07, 6.45) is 0. The van der Waals surface area contributed by atoms with Gasteiger partial charge in [0.25, 0.3) is 0 Å². The molecule has 0 saturated heterocycles. The van der Waals surface area contributed by atoms with Gasteiger partial charge in [0.1, 0.15) is 5.82 Å². The van der Waals surface area contributed by atoms with E-state index >= 15 is 0 Å². The Morgan fingerprint density at radius 1 is 1.22 bits per heavy atom. The molecule has 0 fully saturated rings. The average molecular weight is 405 g/mol. The Kier molecular flexibility index (Phi) is 5.82. The van der Waals surface area contributed by atoms with Gasteiger partial charge in [-0.25, -0.2) is 4.39 Å². The summed E-state index contributed by atoms with van der Waals surface area (Å²) in [6.45, 7) is 3.70. The van der Waals surface area contributed by atoms with Crippen LogP contribution in [-0.4, -0.2) is 25.9 Å². The van der Waals surface area contributed by atoms with Crippen LogP contribution in [0.15, 0.2) is 47.6 Å². The lowest BCUT2D eigenvalue weighted by atomic mass is 10.2. The van der Waals surface area contributed by atoms with Gasteiger partial charge in [0.15, 0.2) is 11.0 Å². The van der Waals surface area contributed by atoms with Gasteiger partial charge in [0, 0.05) is 23.3 Å². The van der Waals surface area contributed by atoms with Crippen molar-refractivity contribution >= 4 is 35.0 Å². The van der Waals surface area contributed by atoms with Gasteiger partial charge in [-0.2, -0.15) is 0 Å². The highest BCUT2D eigenvalue weighted by molar-refractivity contribution is 8.00. The number of aromatic nitrogens is 3. The highest BCUT2D eigenvalue weighted by Gasteiger charge is 2.20. The summed E-state index contributed by atoms with van der Waals surface area (Å²) >= 11 is 7.30. The van der Waals surface area contributed by atoms with E-state index < -0.39 is 5.25 Å². The molecule has 0 radical (unpaired) electrons. The van der Waals surface area contributed by atoms with Crippen LogP contribution < -0.4 is 5.32 Å². The number of hydrogen-bond donors (Lipinski definition) is 1. The number of amides is 1. The van der Waals surface area contributed by atoms with Gasteiger partial charge in [-0.3, -0.25) is 4.79 Å². The quantitative estimate of drug-likeness (QED) is 0.626. The van der Waals surface area contributed by atoms with Crippen molar-refractivity contribution < 1.29 is 9.18 Å². The zero-order chi connectivity index (χ0) is 19.6. The van der Waals surface area contributed by atoms with Crippen molar-refractivity contribution in [2.75, 3.05) is 5.32 Å². The Morgan fingerprint density at radius 3 is 2.63 bits per heavy atom. The van der Waals surface area contributed by atoms with Crippen LogP contribution in [0.2, 0.25) is 5.02 Å². The molecule has 1 aromatic heterocycles. The van der Waals surface area contributed by atoms with Crippen LogP contribution in [0.25, 0.3) is 11.4 Å². The van der Waals surface area contributed by atoms with Crippen molar-refractivity contribution in [3.8, 4) is 11.4 Å². The Hall–Kier alpha value is -2.38. The lowest BCUT2D eigenvalue weighted by Crippen LogP contribution is -2.23. The Bertz CT molecular complexity index is 974. The number of benzene rings is 2. The van der Waals surface area contributed by atoms with Crippen LogP contribution in [0.3, 0.4) is 0 Å². The van der Waals surface area contributed by atoms with Crippen LogP contribution in [0.1, 0.15) is 12.5 Å². The third-order valence-electron chi connectivity index (χ3n) is 4.05. The van der Waals surface area contributed by atoms with Crippen LogP contribution in [0.5, 0.6) is 0 Å². The molecule has 0 aliphatic heterocycles. The first-order chi connectivity index (χ1) is 12.8. The summed E-state index contributed by atoms with van der Waals surface area (Å²) in [5.74, 6) is 0.143. The number of aryl methyl sites for hydroxylation is 1. The van der Waals surface area contributed by atoms with Crippen LogP contribution in [0.4, 0.5) is 10.1 Å². The monoisotopic (exact) mass is 404 g/mol. The average Bonchev–Trinajstić information content (AvgIpc) is 2.99. The number of halogens is 2. The Morgan fingerprint density at radius 2 is 1.93 bits per heavy atom. The summed E-state index contributed by atoms with van der Waals surface area (Å²) in [5, 5.41) is 12.0. The van der Waals surface area contributed by atoms with Gasteiger partial charge < -0.3 is 9.88 Å². The predicted molar refractivity (Wildman–Crippen MR) is 107 cm³/mol. The van der Waals surface area contributed by atoms with E-state index in [-0.39, 0.29) is 11.7 Å². The first kappa shape index (κ1) is 19.4. The molecule has 0 saturated carbocycles. The summed E-state index contributed by atoms with van der Waals surface area (Å²) in [4.78, 5) is 12.5. The highest BCUT2D eigenvalue weighted by atomic mass is 35.5. The molecule has 1 N–H and O–H groups in total. The van der Waals surface area contributed by atoms with E-state index in [0.29, 0.717) is 21.7 Å². The molecule has 3 rings (SSSR count). The predicted octanol–water partition coefficient (Wildman–Crippen LogP) is 4.70. The zero-order valence-electron chi connectivity index (χ0n) is 15.0. The van der Waals surface area contributed by atoms with Crippen molar-refractivity contribution in [1.29, 1.82) is 0 Å². The number of carbonyl (C=O) groups is 1. The maximum absolute atomic E-state index is 13.1. The third kappa shape index (κ3) is 4.48. The number of anilines is 1. The van der Waals surface area contributed by atoms with E-state index in [1.807, 2.05) is 20.0 Å². The molecule has 0 aliphatic carbocycles. The molecule has 27 heavy (non-hydrogen) atoms. The van der Waals surface area contributed by atoms with E-state index in [1.165, 1.54) is 23.9 Å². The van der Waals surface area contributed by atoms with Crippen molar-refractivity contribution in [2.24, 2.45) is 7.05 Å². The summed E-state index contributed by atoms with van der Waals surface area (Å²) in [7, 11) is 1.81. The van der Waals surface area contributed by atoms with E-state index in [2.05, 4.69) is 15.5 Å². The SMILES string of the molecule is Cc1ccc(Cl)cc1NC(=O)[C@@H](C)Sc1nnc(-c2ccc(F)cc2)n1C. The number of rotatable bonds is 5. The standard InChI is InChI=1S/C19H18ClFN4OS/c1-11-4-7-14(20)10-16(11)22-18(26)12(2)27-19-24-23-17(25(19)3)13-5-8-15(21)9-6-13/h4-10,12H,1-3H3,(H,22,26)/t12-/m1/s1. The zero-order valence-corrected chi connectivity index (χ0v) is 16.6. The molecule has 5 nitrogen and oxygen atoms in total. The summed E-state index contributed by atoms with van der Waals surface area (Å²) < 4.78 is 14.9. The number of thioether (sulfide) groups is 1. The first-order valence-corrected chi connectivity index (χ1v) is 9.50. The normalized spacial score (nSPS) is 12.0. The lowest BCUT2D eigenvalue weighted by molar-refractivity contribution is -0.115. The molecule has 140 valence electrons. The van der Waals surface area contributed by atoms with Gasteiger partial charge >= 0.3 is 0 Å². The molecule has 2 aromatic carbocycles. The number of nitrogens with one attached hydrogen (secondary N) is 1. The van der Waals surface area contributed by atoms with Crippen molar-refractivity contribution in [2.45, 2.75) is 24.3 Å². The van der Waals surface area contributed by atoms with Gasteiger partial charge in [0.05, 0.1) is 5.25 Å². The number of carbonyl (C=O) groups excluding carboxylic acids is 1. The largest absolute Gasteiger partial charge is 0.325 e. The molecule has 0 unspecified atom stereocenters. The molecule has 3 aromatic rings. The lowest BCUT2D eigenvalue weighted by Gasteiger charge is -2.13. The summed E-state index contributed by atoms with van der Waals surface area (Å²) in [5.41, 5.74) is 2.37. The van der Waals surface area contributed by atoms with Crippen LogP contribution in [0, 0.1) is 12.7 Å². The Balaban J connectivity index is 1.72. The second kappa shape index (κ2) is 8.10. The fraction of sp³-hybridized carbons (Fsp3) is 0.211. The van der Waals surface area contributed by atoms with E-state index in [1.54, 1.807) is 35.8 Å². The first-order valence-electron chi connectivity index (χ1n) is 8.24. The second-order valence-electron chi connectivity index (χ2n) is 6.08. The van der Waals surface area contributed by atoms with E-state index in [0.717, 1.165) is 11.1 Å². The van der Waals surface area contributed by atoms with E-state index in [4.69, 9.17) is 11.6 Å². The third-order valence-corrected chi connectivity index (χ3v) is 5.42. The maximum atomic E-state index is 13.1. The van der Waals surface area contributed by atoms with Crippen molar-refractivity contribution in [3.63, 3.8) is 0 Å². The number of nitrogens with zero attached hydrogens (tertiary/aromatic N) is 3. The molecule has 0 spiro atoms. The van der Waals surface area contributed by atoms with Crippen molar-refractivity contribution in [1.82, 2.24) is 14.8 Å². The molecule has 1 heterocycles. The highest BCUT2D eigenvalue weighted by Crippen LogP contribution is 2.27. The van der Waals surface area contributed by atoms with E-state index in [9.17, 15) is 9.18 Å². The molecule has 1 atom stereocenters. The molecule has 0 bridgehead atoms. The number of hydrogen-bond acceptors (Lipinski definition) is 4. The van der Waals surface area contributed by atoms with Crippen LogP contribution >= 0.6 is 23.4 Å². The summed E-state index contributed by atoms with van der Waals surface area (Å²) in [6, 6.07) is 11.4. The molecule has 0 aliphatic rings. The second-order valence-corrected chi connectivity index (χ2v) is 7.83. The van der Waals surface area contributed by atoms with Gasteiger partial charge in [-0.15, -0.1) is 10.2 Å². The van der Waals surface area contributed by atoms with Gasteiger partial charge in [-0.05, 0) is 55.8 Å². The van der Waals surface area contributed by atoms with Gasteiger partial charge in [0.2, 0.25) is 5.91 Å². The fourth-order valence-electron chi connectivity index (χ4n) is 2.44. The fourth-order valence-corrected chi connectivity index (χ4v) is 3.43. The molecular weight excluding hydrogens is 387 g/mol. The molecule has 8 heteroatoms. The topological polar surface area (TPSA) is 59.8 Å². The van der Waals surface area contributed by atoms with Crippen molar-refractivity contribution in [3.05, 3.63) is 58.9 Å². The van der Waals surface area contributed by atoms with Crippen LogP contribution in [-0.2, 0) is 11.8 Å². The Labute approximate surface area is 166 Å². The molecule has 1 amide bonds. The smallest absolute Gasteiger partial charge is 0.237 e. The minimum atomic E-state index is -0.396. The van der Waals surface area contributed by atoms with Gasteiger partial charge in [-0.1, -0.05) is 29.4 Å².